The van der Waals surface area contributed by atoms with Gasteiger partial charge >= 0.3 is 11.9 Å². The van der Waals surface area contributed by atoms with Crippen molar-refractivity contribution in [3.63, 3.8) is 0 Å². The predicted molar refractivity (Wildman–Crippen MR) is 103 cm³/mol. The number of carbonyl (C=O) groups is 6. The summed E-state index contributed by atoms with van der Waals surface area (Å²) in [5.41, 5.74) is 14.7. The lowest BCUT2D eigenvalue weighted by molar-refractivity contribution is -0.148. The van der Waals surface area contributed by atoms with Crippen molar-refractivity contribution in [2.24, 2.45) is 17.2 Å². The Morgan fingerprint density at radius 2 is 1.48 bits per heavy atom. The van der Waals surface area contributed by atoms with Crippen LogP contribution in [0.2, 0.25) is 0 Å². The van der Waals surface area contributed by atoms with Gasteiger partial charge in [0.05, 0.1) is 6.61 Å². The lowest BCUT2D eigenvalue weighted by Crippen LogP contribution is -2.53. The highest BCUT2D eigenvalue weighted by molar-refractivity contribution is 5.91. The number of rotatable bonds is 13. The number of nitrogens with two attached hydrogens (primary N) is 3. The predicted octanol–water partition coefficient (Wildman–Crippen LogP) is -4.66. The van der Waals surface area contributed by atoms with Crippen LogP contribution < -0.4 is 27.8 Å². The Balaban J connectivity index is 0. The minimum atomic E-state index is -1.93. The van der Waals surface area contributed by atoms with Gasteiger partial charge in [0.1, 0.15) is 12.1 Å². The van der Waals surface area contributed by atoms with E-state index in [1.54, 1.807) is 6.92 Å². The summed E-state index contributed by atoms with van der Waals surface area (Å²) in [7, 11) is 0. The van der Waals surface area contributed by atoms with E-state index in [9.17, 15) is 28.8 Å². The topological polar surface area (TPSA) is 285 Å². The van der Waals surface area contributed by atoms with Gasteiger partial charge in [-0.25, -0.2) is 9.59 Å². The van der Waals surface area contributed by atoms with Crippen molar-refractivity contribution in [1.82, 2.24) is 10.6 Å². The first-order chi connectivity index (χ1) is 14.3. The molecule has 0 fully saturated rings. The highest BCUT2D eigenvalue weighted by atomic mass is 16.4. The van der Waals surface area contributed by atoms with Crippen LogP contribution in [-0.2, 0) is 28.8 Å². The molecule has 0 aliphatic rings. The second kappa shape index (κ2) is 15.5. The molecule has 0 spiro atoms. The molecule has 0 aromatic heterocycles. The van der Waals surface area contributed by atoms with E-state index in [2.05, 4.69) is 5.32 Å². The summed E-state index contributed by atoms with van der Waals surface area (Å²) in [6, 6.07) is -4.12. The standard InChI is InChI=1S/C8H15N3O5.C8H14N2O5/c9-4(3-12)7(14)11-5(8(15)16)1-2-6(10)13;1-2-3-4(11)10-5(8(14)15)6(12)7(9)13/h4-5,12H,1-3,9H2,(H2,10,13)(H,11,14)(H,15,16);5-6,12H,2-3H2,1H3,(H2,9,13)(H,10,11)(H,14,15). The molecular formula is C16H29N5O10. The van der Waals surface area contributed by atoms with Crippen molar-refractivity contribution < 1.29 is 49.2 Å². The van der Waals surface area contributed by atoms with Gasteiger partial charge in [0.15, 0.2) is 12.1 Å². The number of aliphatic hydroxyl groups excluding tert-OH is 2. The Morgan fingerprint density at radius 1 is 0.935 bits per heavy atom. The van der Waals surface area contributed by atoms with E-state index >= 15 is 0 Å². The molecule has 0 saturated carbocycles. The van der Waals surface area contributed by atoms with Crippen molar-refractivity contribution in [2.45, 2.75) is 56.8 Å². The van der Waals surface area contributed by atoms with Crippen molar-refractivity contribution in [3.05, 3.63) is 0 Å². The number of aliphatic hydroxyl groups is 2. The van der Waals surface area contributed by atoms with Gasteiger partial charge in [-0.2, -0.15) is 0 Å². The fourth-order valence-electron chi connectivity index (χ4n) is 1.82. The lowest BCUT2D eigenvalue weighted by Gasteiger charge is -2.17. The second-order valence-electron chi connectivity index (χ2n) is 6.17. The van der Waals surface area contributed by atoms with Crippen molar-refractivity contribution in [3.8, 4) is 0 Å². The summed E-state index contributed by atoms with van der Waals surface area (Å²) >= 11 is 0. The molecule has 31 heavy (non-hydrogen) atoms. The maximum Gasteiger partial charge on any atom is 0.329 e. The van der Waals surface area contributed by atoms with Gasteiger partial charge in [-0.05, 0) is 12.8 Å². The van der Waals surface area contributed by atoms with E-state index < -0.39 is 66.4 Å². The van der Waals surface area contributed by atoms with E-state index in [1.807, 2.05) is 5.32 Å². The number of carbonyl (C=O) groups excluding carboxylic acids is 4. The van der Waals surface area contributed by atoms with E-state index in [0.717, 1.165) is 0 Å². The highest BCUT2D eigenvalue weighted by Crippen LogP contribution is 1.98. The summed E-state index contributed by atoms with van der Waals surface area (Å²) < 4.78 is 0. The molecule has 0 aromatic rings. The molecule has 0 aliphatic carbocycles. The number of carboxylic acid groups (broad SMARTS) is 2. The maximum atomic E-state index is 11.2. The average Bonchev–Trinajstić information content (AvgIpc) is 2.67. The largest absolute Gasteiger partial charge is 0.480 e. The monoisotopic (exact) mass is 451 g/mol. The van der Waals surface area contributed by atoms with E-state index in [-0.39, 0.29) is 19.3 Å². The zero-order valence-corrected chi connectivity index (χ0v) is 16.8. The first kappa shape index (κ1) is 29.9. The molecule has 0 rings (SSSR count). The Hall–Kier alpha value is -3.30. The lowest BCUT2D eigenvalue weighted by atomic mass is 10.1. The number of aliphatic carboxylic acids is 2. The Bertz CT molecular complexity index is 657. The molecule has 178 valence electrons. The molecule has 15 nitrogen and oxygen atoms in total. The van der Waals surface area contributed by atoms with Gasteiger partial charge in [-0.15, -0.1) is 0 Å². The van der Waals surface area contributed by atoms with Crippen LogP contribution in [0.4, 0.5) is 0 Å². The average molecular weight is 451 g/mol. The van der Waals surface area contributed by atoms with Crippen molar-refractivity contribution >= 4 is 35.6 Å². The first-order valence-electron chi connectivity index (χ1n) is 8.95. The van der Waals surface area contributed by atoms with Gasteiger partial charge in [0, 0.05) is 12.8 Å². The van der Waals surface area contributed by atoms with Crippen LogP contribution in [0.25, 0.3) is 0 Å². The maximum absolute atomic E-state index is 11.2. The van der Waals surface area contributed by atoms with Gasteiger partial charge in [0.2, 0.25) is 23.6 Å². The third-order valence-corrected chi connectivity index (χ3v) is 3.49. The number of hydrogen-bond acceptors (Lipinski definition) is 9. The van der Waals surface area contributed by atoms with Crippen LogP contribution in [0, 0.1) is 0 Å². The molecule has 0 heterocycles. The third kappa shape index (κ3) is 13.5. The minimum Gasteiger partial charge on any atom is -0.480 e. The Morgan fingerprint density at radius 3 is 1.84 bits per heavy atom. The van der Waals surface area contributed by atoms with Gasteiger partial charge < -0.3 is 48.3 Å². The van der Waals surface area contributed by atoms with Crippen molar-refractivity contribution in [1.29, 1.82) is 0 Å². The molecule has 0 radical (unpaired) electrons. The fourth-order valence-corrected chi connectivity index (χ4v) is 1.82. The Kier molecular flexibility index (Phi) is 15.0. The molecular weight excluding hydrogens is 422 g/mol. The summed E-state index contributed by atoms with van der Waals surface area (Å²) in [6.07, 6.45) is -1.55. The quantitative estimate of drug-likeness (QED) is 0.128. The van der Waals surface area contributed by atoms with Crippen molar-refractivity contribution in [2.75, 3.05) is 6.61 Å². The molecule has 0 saturated heterocycles. The fraction of sp³-hybridized carbons (Fsp3) is 0.625. The summed E-state index contributed by atoms with van der Waals surface area (Å²) in [5.74, 6) is -6.00. The second-order valence-corrected chi connectivity index (χ2v) is 6.17. The molecule has 4 atom stereocenters. The normalized spacial score (nSPS) is 13.9. The highest BCUT2D eigenvalue weighted by Gasteiger charge is 2.31. The van der Waals surface area contributed by atoms with Crippen LogP contribution in [-0.4, -0.2) is 86.8 Å². The summed E-state index contributed by atoms with van der Waals surface area (Å²) in [6.45, 7) is 1.15. The first-order valence-corrected chi connectivity index (χ1v) is 8.95. The summed E-state index contributed by atoms with van der Waals surface area (Å²) in [4.78, 5) is 64.5. The summed E-state index contributed by atoms with van der Waals surface area (Å²) in [5, 5.41) is 39.1. The third-order valence-electron chi connectivity index (χ3n) is 3.49. The van der Waals surface area contributed by atoms with Crippen LogP contribution >= 0.6 is 0 Å². The molecule has 0 bridgehead atoms. The van der Waals surface area contributed by atoms with Gasteiger partial charge in [-0.3, -0.25) is 19.2 Å². The smallest absolute Gasteiger partial charge is 0.329 e. The molecule has 15 heteroatoms. The Labute approximate surface area is 176 Å². The van der Waals surface area contributed by atoms with Crippen LogP contribution in [0.3, 0.4) is 0 Å². The number of amides is 4. The number of primary amides is 2. The van der Waals surface area contributed by atoms with E-state index in [4.69, 9.17) is 37.6 Å². The zero-order chi connectivity index (χ0) is 24.7. The number of hydrogen-bond donors (Lipinski definition) is 9. The van der Waals surface area contributed by atoms with E-state index in [0.29, 0.717) is 6.42 Å². The molecule has 12 N–H and O–H groups in total. The zero-order valence-electron chi connectivity index (χ0n) is 16.8. The van der Waals surface area contributed by atoms with Crippen LogP contribution in [0.1, 0.15) is 32.6 Å². The molecule has 0 aromatic carbocycles. The van der Waals surface area contributed by atoms with Crippen LogP contribution in [0.15, 0.2) is 0 Å². The van der Waals surface area contributed by atoms with Gasteiger partial charge in [0.25, 0.3) is 0 Å². The number of nitrogens with one attached hydrogen (secondary N) is 2. The SMILES string of the molecule is CCCC(=O)NC(C(=O)O)C(O)C(N)=O.NC(=O)CCC(NC(=O)C(N)CO)C(=O)O. The van der Waals surface area contributed by atoms with Crippen LogP contribution in [0.5, 0.6) is 0 Å². The molecule has 0 aliphatic heterocycles. The molecule has 4 unspecified atom stereocenters. The minimum absolute atomic E-state index is 0.117. The molecule has 4 amide bonds. The van der Waals surface area contributed by atoms with Gasteiger partial charge in [-0.1, -0.05) is 6.92 Å². The van der Waals surface area contributed by atoms with E-state index in [1.165, 1.54) is 0 Å². The number of carboxylic acids is 2.